The predicted molar refractivity (Wildman–Crippen MR) is 105 cm³/mol. The fourth-order valence-corrected chi connectivity index (χ4v) is 5.50. The molecule has 1 unspecified atom stereocenters. The molecule has 4 atom stereocenters. The van der Waals surface area contributed by atoms with Gasteiger partial charge in [-0.3, -0.25) is 4.79 Å². The van der Waals surface area contributed by atoms with E-state index in [1.54, 1.807) is 14.2 Å². The van der Waals surface area contributed by atoms with Crippen LogP contribution in [0.4, 0.5) is 0 Å². The SMILES string of the molecule is COCCC(=O)O[C@H]1CC(C)[C@@]23CCN(C)Cc4ccc(OC)c(c42)O[C@H]3C1. The summed E-state index contributed by atoms with van der Waals surface area (Å²) < 4.78 is 22.9. The molecule has 1 aromatic carbocycles. The summed E-state index contributed by atoms with van der Waals surface area (Å²) >= 11 is 0. The van der Waals surface area contributed by atoms with Gasteiger partial charge in [-0.15, -0.1) is 0 Å². The Morgan fingerprint density at radius 1 is 1.32 bits per heavy atom. The van der Waals surface area contributed by atoms with Crippen LogP contribution in [-0.2, 0) is 26.2 Å². The van der Waals surface area contributed by atoms with Crippen molar-refractivity contribution in [3.05, 3.63) is 23.3 Å². The van der Waals surface area contributed by atoms with Crippen molar-refractivity contribution in [3.8, 4) is 11.5 Å². The summed E-state index contributed by atoms with van der Waals surface area (Å²) in [6, 6.07) is 4.21. The lowest BCUT2D eigenvalue weighted by atomic mass is 9.59. The first kappa shape index (κ1) is 19.5. The zero-order valence-electron chi connectivity index (χ0n) is 17.3. The number of hydrogen-bond donors (Lipinski definition) is 0. The van der Waals surface area contributed by atoms with Gasteiger partial charge in [0.25, 0.3) is 0 Å². The molecule has 28 heavy (non-hydrogen) atoms. The van der Waals surface area contributed by atoms with Gasteiger partial charge in [0.15, 0.2) is 11.5 Å². The average molecular weight is 389 g/mol. The molecule has 6 nitrogen and oxygen atoms in total. The van der Waals surface area contributed by atoms with Gasteiger partial charge in [0.2, 0.25) is 0 Å². The predicted octanol–water partition coefficient (Wildman–Crippen LogP) is 2.91. The zero-order valence-corrected chi connectivity index (χ0v) is 17.3. The topological polar surface area (TPSA) is 57.2 Å². The second kappa shape index (κ2) is 7.56. The molecule has 0 saturated heterocycles. The summed E-state index contributed by atoms with van der Waals surface area (Å²) in [6.07, 6.45) is 2.82. The van der Waals surface area contributed by atoms with Gasteiger partial charge < -0.3 is 23.8 Å². The van der Waals surface area contributed by atoms with Gasteiger partial charge in [-0.05, 0) is 44.0 Å². The summed E-state index contributed by atoms with van der Waals surface area (Å²) in [6.45, 7) is 4.63. The highest BCUT2D eigenvalue weighted by atomic mass is 16.6. The number of ether oxygens (including phenoxy) is 4. The van der Waals surface area contributed by atoms with Crippen LogP contribution in [0.2, 0.25) is 0 Å². The number of carbonyl (C=O) groups excluding carboxylic acids is 1. The van der Waals surface area contributed by atoms with Gasteiger partial charge in [0, 0.05) is 31.1 Å². The molecule has 3 aliphatic rings. The molecule has 0 radical (unpaired) electrons. The molecule has 1 saturated carbocycles. The third-order valence-corrected chi connectivity index (χ3v) is 6.86. The summed E-state index contributed by atoms with van der Waals surface area (Å²) in [5.74, 6) is 1.87. The molecule has 0 N–H and O–H groups in total. The van der Waals surface area contributed by atoms with E-state index in [-0.39, 0.29) is 23.6 Å². The molecule has 2 aliphatic heterocycles. The van der Waals surface area contributed by atoms with Gasteiger partial charge in [0.05, 0.1) is 20.1 Å². The van der Waals surface area contributed by atoms with Crippen LogP contribution in [0.3, 0.4) is 0 Å². The van der Waals surface area contributed by atoms with E-state index in [1.165, 1.54) is 11.1 Å². The quantitative estimate of drug-likeness (QED) is 0.722. The molecule has 154 valence electrons. The minimum Gasteiger partial charge on any atom is -0.493 e. The minimum atomic E-state index is -0.190. The maximum Gasteiger partial charge on any atom is 0.308 e. The Bertz CT molecular complexity index is 751. The Kier molecular flexibility index (Phi) is 5.27. The number of nitrogens with zero attached hydrogens (tertiary/aromatic N) is 1. The molecular formula is C22H31NO5. The number of methoxy groups -OCH3 is 2. The van der Waals surface area contributed by atoms with Crippen molar-refractivity contribution >= 4 is 5.97 Å². The molecule has 6 heteroatoms. The van der Waals surface area contributed by atoms with Crippen LogP contribution >= 0.6 is 0 Å². The van der Waals surface area contributed by atoms with Crippen molar-refractivity contribution in [1.29, 1.82) is 0 Å². The second-order valence-corrected chi connectivity index (χ2v) is 8.49. The van der Waals surface area contributed by atoms with Crippen molar-refractivity contribution in [2.45, 2.75) is 56.8 Å². The van der Waals surface area contributed by atoms with Crippen LogP contribution in [0.25, 0.3) is 0 Å². The van der Waals surface area contributed by atoms with E-state index in [0.717, 1.165) is 43.9 Å². The first-order valence-corrected chi connectivity index (χ1v) is 10.2. The Balaban J connectivity index is 1.66. The van der Waals surface area contributed by atoms with Crippen LogP contribution in [0.5, 0.6) is 11.5 Å². The lowest BCUT2D eigenvalue weighted by molar-refractivity contribution is -0.155. The fraction of sp³-hybridized carbons (Fsp3) is 0.682. The summed E-state index contributed by atoms with van der Waals surface area (Å²) in [4.78, 5) is 14.5. The van der Waals surface area contributed by atoms with Crippen molar-refractivity contribution < 1.29 is 23.7 Å². The van der Waals surface area contributed by atoms with E-state index in [1.807, 2.05) is 6.07 Å². The number of esters is 1. The van der Waals surface area contributed by atoms with Crippen molar-refractivity contribution in [2.24, 2.45) is 5.92 Å². The van der Waals surface area contributed by atoms with E-state index in [4.69, 9.17) is 18.9 Å². The summed E-state index contributed by atoms with van der Waals surface area (Å²) in [7, 11) is 5.47. The lowest BCUT2D eigenvalue weighted by Crippen LogP contribution is -2.52. The third-order valence-electron chi connectivity index (χ3n) is 6.86. The Hall–Kier alpha value is -1.79. The van der Waals surface area contributed by atoms with E-state index in [9.17, 15) is 4.79 Å². The first-order valence-electron chi connectivity index (χ1n) is 10.2. The Labute approximate surface area is 167 Å². The van der Waals surface area contributed by atoms with Crippen LogP contribution in [0.15, 0.2) is 12.1 Å². The molecule has 1 fully saturated rings. The minimum absolute atomic E-state index is 0.00743. The first-order chi connectivity index (χ1) is 13.5. The molecule has 2 heterocycles. The molecule has 1 spiro atoms. The molecule has 0 amide bonds. The maximum absolute atomic E-state index is 12.1. The van der Waals surface area contributed by atoms with Gasteiger partial charge in [-0.25, -0.2) is 0 Å². The average Bonchev–Trinajstić information content (AvgIpc) is 2.92. The lowest BCUT2D eigenvalue weighted by Gasteiger charge is -2.46. The molecule has 4 rings (SSSR count). The molecule has 1 aromatic rings. The Morgan fingerprint density at radius 3 is 2.89 bits per heavy atom. The molecule has 0 aromatic heterocycles. The molecule has 1 aliphatic carbocycles. The zero-order chi connectivity index (χ0) is 19.9. The molecule has 0 bridgehead atoms. The number of benzene rings is 1. The van der Waals surface area contributed by atoms with Gasteiger partial charge >= 0.3 is 5.97 Å². The van der Waals surface area contributed by atoms with Crippen LogP contribution in [0.1, 0.15) is 43.7 Å². The highest BCUT2D eigenvalue weighted by Gasteiger charge is 2.58. The van der Waals surface area contributed by atoms with Crippen LogP contribution < -0.4 is 9.47 Å². The highest BCUT2D eigenvalue weighted by molar-refractivity contribution is 5.69. The summed E-state index contributed by atoms with van der Waals surface area (Å²) in [5, 5.41) is 0. The monoisotopic (exact) mass is 389 g/mol. The Morgan fingerprint density at radius 2 is 2.14 bits per heavy atom. The fourth-order valence-electron chi connectivity index (χ4n) is 5.50. The third kappa shape index (κ3) is 3.07. The normalized spacial score (nSPS) is 31.4. The number of rotatable bonds is 5. The largest absolute Gasteiger partial charge is 0.493 e. The van der Waals surface area contributed by atoms with E-state index in [0.29, 0.717) is 18.9 Å². The van der Waals surface area contributed by atoms with Gasteiger partial charge in [0.1, 0.15) is 12.2 Å². The van der Waals surface area contributed by atoms with Crippen molar-refractivity contribution in [2.75, 3.05) is 34.4 Å². The highest BCUT2D eigenvalue weighted by Crippen LogP contribution is 2.59. The number of carbonyl (C=O) groups is 1. The van der Waals surface area contributed by atoms with Crippen molar-refractivity contribution in [3.63, 3.8) is 0 Å². The van der Waals surface area contributed by atoms with E-state index < -0.39 is 0 Å². The summed E-state index contributed by atoms with van der Waals surface area (Å²) in [5.41, 5.74) is 2.62. The second-order valence-electron chi connectivity index (χ2n) is 8.49. The van der Waals surface area contributed by atoms with Gasteiger partial charge in [-0.2, -0.15) is 0 Å². The van der Waals surface area contributed by atoms with Crippen LogP contribution in [0, 0.1) is 5.92 Å². The van der Waals surface area contributed by atoms with E-state index in [2.05, 4.69) is 24.9 Å². The van der Waals surface area contributed by atoms with Crippen LogP contribution in [-0.4, -0.2) is 57.5 Å². The maximum atomic E-state index is 12.1. The smallest absolute Gasteiger partial charge is 0.308 e. The van der Waals surface area contributed by atoms with Crippen molar-refractivity contribution in [1.82, 2.24) is 4.90 Å². The van der Waals surface area contributed by atoms with E-state index >= 15 is 0 Å². The molecular weight excluding hydrogens is 358 g/mol. The number of hydrogen-bond acceptors (Lipinski definition) is 6. The van der Waals surface area contributed by atoms with Gasteiger partial charge in [-0.1, -0.05) is 13.0 Å². The standard InChI is InChI=1S/C22H31NO5/c1-14-11-16(27-19(24)7-10-25-3)12-18-22(14)8-9-23(2)13-15-5-6-17(26-4)21(28-18)20(15)22/h5-6,14,16,18H,7-13H2,1-4H3/t14?,16-,18-,22+/m0/s1.